The molecule has 8 aromatic carbocycles. The van der Waals surface area contributed by atoms with Gasteiger partial charge in [0.2, 0.25) is 0 Å². The lowest BCUT2D eigenvalue weighted by Gasteiger charge is -2.19. The molecule has 0 saturated carbocycles. The van der Waals surface area contributed by atoms with Gasteiger partial charge < -0.3 is 13.7 Å². The van der Waals surface area contributed by atoms with E-state index in [0.29, 0.717) is 11.1 Å². The maximum absolute atomic E-state index is 10.7. The second-order valence-corrected chi connectivity index (χ2v) is 14.0. The number of hydrogen-bond acceptors (Lipinski definition) is 2. The molecule has 0 aliphatic rings. The number of fused-ring (bicyclic) bond motifs is 9. The van der Waals surface area contributed by atoms with Crippen molar-refractivity contribution < 1.29 is 0 Å². The molecule has 0 atom stereocenters. The molecule has 0 aliphatic carbocycles. The largest absolute Gasteiger partial charge is 0.309 e. The monoisotopic (exact) mass is 699 g/mol. The van der Waals surface area contributed by atoms with Crippen LogP contribution in [0.25, 0.3) is 93.6 Å². The molecule has 3 heterocycles. The zero-order valence-corrected chi connectivity index (χ0v) is 29.5. The van der Waals surface area contributed by atoms with Gasteiger partial charge in [-0.1, -0.05) is 115 Å². The molecule has 0 N–H and O–H groups in total. The standard InChI is InChI=1S/C50H29N5/c51-30-32-24-26-40-38-16-4-10-23-47(38)55(48(40)28-32)50-33(31-52)12-11-18-42(50)39-17-5-9-22-46(39)54-45-21-8-3-15-37(45)41-27-25-34(29-49(41)54)53-43-19-6-1-13-35(43)36-14-2-7-20-44(36)53/h1-29H. The third kappa shape index (κ3) is 4.39. The molecule has 5 heteroatoms. The van der Waals surface area contributed by atoms with Crippen molar-refractivity contribution in [1.29, 1.82) is 10.5 Å². The molecule has 3 aromatic heterocycles. The summed E-state index contributed by atoms with van der Waals surface area (Å²) in [5.74, 6) is 0. The average molecular weight is 700 g/mol. The minimum absolute atomic E-state index is 0.549. The van der Waals surface area contributed by atoms with E-state index in [4.69, 9.17) is 0 Å². The Hall–Kier alpha value is -7.86. The molecule has 0 aliphatic heterocycles. The second kappa shape index (κ2) is 11.8. The lowest BCUT2D eigenvalue weighted by Crippen LogP contribution is -2.04. The summed E-state index contributed by atoms with van der Waals surface area (Å²) in [7, 11) is 0. The molecule has 11 aromatic rings. The fourth-order valence-electron chi connectivity index (χ4n) is 8.83. The van der Waals surface area contributed by atoms with E-state index in [-0.39, 0.29) is 0 Å². The molecular formula is C50H29N5. The van der Waals surface area contributed by atoms with Crippen LogP contribution in [-0.2, 0) is 0 Å². The predicted octanol–water partition coefficient (Wildman–Crippen LogP) is 12.4. The first-order valence-corrected chi connectivity index (χ1v) is 18.3. The maximum atomic E-state index is 10.7. The van der Waals surface area contributed by atoms with Gasteiger partial charge in [0.15, 0.2) is 0 Å². The van der Waals surface area contributed by atoms with Crippen LogP contribution in [0.5, 0.6) is 0 Å². The Morgan fingerprint density at radius 1 is 0.345 bits per heavy atom. The van der Waals surface area contributed by atoms with E-state index in [2.05, 4.69) is 159 Å². The Kier molecular flexibility index (Phi) is 6.61. The van der Waals surface area contributed by atoms with Gasteiger partial charge in [0.1, 0.15) is 6.07 Å². The minimum atomic E-state index is 0.549. The first kappa shape index (κ1) is 30.7. The Morgan fingerprint density at radius 3 is 1.45 bits per heavy atom. The molecule has 0 unspecified atom stereocenters. The summed E-state index contributed by atoms with van der Waals surface area (Å²) in [6.45, 7) is 0. The Balaban J connectivity index is 1.23. The van der Waals surface area contributed by atoms with Gasteiger partial charge in [-0.05, 0) is 60.7 Å². The fourth-order valence-corrected chi connectivity index (χ4v) is 8.83. The van der Waals surface area contributed by atoms with Crippen LogP contribution < -0.4 is 0 Å². The number of aromatic nitrogens is 3. The zero-order valence-electron chi connectivity index (χ0n) is 29.5. The molecule has 11 rings (SSSR count). The highest BCUT2D eigenvalue weighted by Gasteiger charge is 2.23. The molecule has 0 spiro atoms. The van der Waals surface area contributed by atoms with Gasteiger partial charge in [-0.2, -0.15) is 10.5 Å². The number of nitrogens with zero attached hydrogens (tertiary/aromatic N) is 5. The van der Waals surface area contributed by atoms with Crippen molar-refractivity contribution >= 4 is 65.4 Å². The van der Waals surface area contributed by atoms with E-state index >= 15 is 0 Å². The molecule has 0 bridgehead atoms. The van der Waals surface area contributed by atoms with Crippen molar-refractivity contribution in [2.45, 2.75) is 0 Å². The van der Waals surface area contributed by atoms with Gasteiger partial charge in [0, 0.05) is 49.1 Å². The summed E-state index contributed by atoms with van der Waals surface area (Å²) in [5.41, 5.74) is 12.3. The molecule has 254 valence electrons. The van der Waals surface area contributed by atoms with Crippen molar-refractivity contribution in [1.82, 2.24) is 13.7 Å². The third-order valence-electron chi connectivity index (χ3n) is 11.1. The number of nitriles is 2. The van der Waals surface area contributed by atoms with Crippen LogP contribution in [-0.4, -0.2) is 13.7 Å². The highest BCUT2D eigenvalue weighted by Crippen LogP contribution is 2.43. The lowest BCUT2D eigenvalue weighted by molar-refractivity contribution is 1.14. The van der Waals surface area contributed by atoms with Crippen molar-refractivity contribution in [3.8, 4) is 40.3 Å². The normalized spacial score (nSPS) is 11.6. The van der Waals surface area contributed by atoms with E-state index in [1.165, 1.54) is 16.2 Å². The van der Waals surface area contributed by atoms with Crippen LogP contribution in [0.4, 0.5) is 0 Å². The van der Waals surface area contributed by atoms with Gasteiger partial charge in [0.05, 0.1) is 61.7 Å². The topological polar surface area (TPSA) is 62.4 Å². The van der Waals surface area contributed by atoms with Crippen LogP contribution >= 0.6 is 0 Å². The summed E-state index contributed by atoms with van der Waals surface area (Å²) in [6, 6.07) is 66.0. The van der Waals surface area contributed by atoms with E-state index < -0.39 is 0 Å². The molecule has 0 fully saturated rings. The second-order valence-electron chi connectivity index (χ2n) is 14.0. The SMILES string of the molecule is N#Cc1ccc2c3ccccc3n(-c3c(C#N)cccc3-c3ccccc3-n3c4ccccc4c4ccc(-n5c6ccccc6c6ccccc65)cc43)c2c1. The van der Waals surface area contributed by atoms with Gasteiger partial charge in [-0.3, -0.25) is 0 Å². The van der Waals surface area contributed by atoms with Gasteiger partial charge >= 0.3 is 0 Å². The van der Waals surface area contributed by atoms with Crippen LogP contribution in [0.2, 0.25) is 0 Å². The van der Waals surface area contributed by atoms with Crippen LogP contribution in [0, 0.1) is 22.7 Å². The molecule has 5 nitrogen and oxygen atoms in total. The first-order chi connectivity index (χ1) is 27.2. The molecule has 55 heavy (non-hydrogen) atoms. The van der Waals surface area contributed by atoms with Crippen molar-refractivity contribution in [3.63, 3.8) is 0 Å². The van der Waals surface area contributed by atoms with Crippen molar-refractivity contribution in [2.75, 3.05) is 0 Å². The summed E-state index contributed by atoms with van der Waals surface area (Å²) >= 11 is 0. The Bertz CT molecular complexity index is 3420. The van der Waals surface area contributed by atoms with Crippen LogP contribution in [0.15, 0.2) is 176 Å². The number of benzene rings is 8. The Labute approximate surface area is 316 Å². The highest BCUT2D eigenvalue weighted by atomic mass is 15.0. The fraction of sp³-hybridized carbons (Fsp3) is 0. The molecule has 0 saturated heterocycles. The number of rotatable bonds is 4. The zero-order chi connectivity index (χ0) is 36.6. The van der Waals surface area contributed by atoms with Gasteiger partial charge in [-0.25, -0.2) is 0 Å². The Morgan fingerprint density at radius 2 is 0.836 bits per heavy atom. The van der Waals surface area contributed by atoms with E-state index in [1.54, 1.807) is 0 Å². The third-order valence-corrected chi connectivity index (χ3v) is 11.1. The maximum Gasteiger partial charge on any atom is 0.101 e. The van der Waals surface area contributed by atoms with E-state index in [1.807, 2.05) is 42.5 Å². The van der Waals surface area contributed by atoms with Gasteiger partial charge in [-0.15, -0.1) is 0 Å². The number of para-hydroxylation sites is 6. The van der Waals surface area contributed by atoms with E-state index in [9.17, 15) is 10.5 Å². The van der Waals surface area contributed by atoms with Crippen molar-refractivity contribution in [2.24, 2.45) is 0 Å². The van der Waals surface area contributed by atoms with Crippen molar-refractivity contribution in [3.05, 3.63) is 187 Å². The lowest BCUT2D eigenvalue weighted by atomic mass is 9.98. The first-order valence-electron chi connectivity index (χ1n) is 18.3. The summed E-state index contributed by atoms with van der Waals surface area (Å²) < 4.78 is 6.91. The van der Waals surface area contributed by atoms with E-state index in [0.717, 1.165) is 77.4 Å². The minimum Gasteiger partial charge on any atom is -0.309 e. The highest BCUT2D eigenvalue weighted by molar-refractivity contribution is 6.13. The molecule has 0 amide bonds. The molecular weight excluding hydrogens is 671 g/mol. The average Bonchev–Trinajstić information content (AvgIpc) is 3.88. The van der Waals surface area contributed by atoms with Crippen LogP contribution in [0.3, 0.4) is 0 Å². The number of hydrogen-bond donors (Lipinski definition) is 0. The van der Waals surface area contributed by atoms with Crippen LogP contribution in [0.1, 0.15) is 11.1 Å². The summed E-state index contributed by atoms with van der Waals surface area (Å²) in [5, 5.41) is 27.5. The smallest absolute Gasteiger partial charge is 0.101 e. The summed E-state index contributed by atoms with van der Waals surface area (Å²) in [6.07, 6.45) is 0. The van der Waals surface area contributed by atoms with Gasteiger partial charge in [0.25, 0.3) is 0 Å². The molecule has 0 radical (unpaired) electrons. The quantitative estimate of drug-likeness (QED) is 0.184. The predicted molar refractivity (Wildman–Crippen MR) is 224 cm³/mol. The summed E-state index contributed by atoms with van der Waals surface area (Å²) in [4.78, 5) is 0.